The molecule has 0 unspecified atom stereocenters. The van der Waals surface area contributed by atoms with Gasteiger partial charge in [-0.15, -0.1) is 0 Å². The van der Waals surface area contributed by atoms with Gasteiger partial charge in [0.2, 0.25) is 6.79 Å². The molecule has 0 saturated carbocycles. The zero-order chi connectivity index (χ0) is 20.2. The van der Waals surface area contributed by atoms with E-state index in [4.69, 9.17) is 14.2 Å². The molecule has 5 heteroatoms. The number of fused-ring (bicyclic) bond motifs is 2. The highest BCUT2D eigenvalue weighted by Gasteiger charge is 2.41. The Labute approximate surface area is 170 Å². The van der Waals surface area contributed by atoms with Crippen LogP contribution in [0.3, 0.4) is 0 Å². The molecule has 2 aromatic carbocycles. The molecule has 0 bridgehead atoms. The summed E-state index contributed by atoms with van der Waals surface area (Å²) in [6.07, 6.45) is 1.40. The van der Waals surface area contributed by atoms with Gasteiger partial charge in [-0.2, -0.15) is 0 Å². The van der Waals surface area contributed by atoms with Crippen LogP contribution in [0.5, 0.6) is 17.2 Å². The molecule has 0 amide bonds. The maximum absolute atomic E-state index is 13.3. The van der Waals surface area contributed by atoms with Crippen molar-refractivity contribution >= 4 is 11.5 Å². The molecule has 3 aliphatic rings. The van der Waals surface area contributed by atoms with Crippen LogP contribution in [0.1, 0.15) is 50.7 Å². The van der Waals surface area contributed by atoms with Gasteiger partial charge < -0.3 is 19.5 Å². The quantitative estimate of drug-likeness (QED) is 0.797. The largest absolute Gasteiger partial charge is 0.494 e. The lowest BCUT2D eigenvalue weighted by Crippen LogP contribution is -2.33. The fraction of sp³-hybridized carbons (Fsp3) is 0.375. The fourth-order valence-corrected chi connectivity index (χ4v) is 4.67. The normalized spacial score (nSPS) is 21.3. The summed E-state index contributed by atoms with van der Waals surface area (Å²) < 4.78 is 16.8. The van der Waals surface area contributed by atoms with Crippen molar-refractivity contribution < 1.29 is 19.0 Å². The number of rotatable bonds is 3. The van der Waals surface area contributed by atoms with E-state index in [1.54, 1.807) is 0 Å². The first kappa shape index (κ1) is 18.1. The van der Waals surface area contributed by atoms with E-state index in [1.807, 2.05) is 31.2 Å². The molecule has 2 aromatic rings. The maximum Gasteiger partial charge on any atom is 0.231 e. The van der Waals surface area contributed by atoms with Crippen LogP contribution < -0.4 is 19.5 Å². The second kappa shape index (κ2) is 6.55. The summed E-state index contributed by atoms with van der Waals surface area (Å²) in [5, 5.41) is 3.54. The van der Waals surface area contributed by atoms with E-state index in [0.29, 0.717) is 13.0 Å². The minimum atomic E-state index is -0.130. The van der Waals surface area contributed by atoms with Crippen molar-refractivity contribution in [2.45, 2.75) is 39.5 Å². The molecule has 0 aromatic heterocycles. The van der Waals surface area contributed by atoms with Crippen LogP contribution in [0.15, 0.2) is 47.7 Å². The minimum Gasteiger partial charge on any atom is -0.494 e. The van der Waals surface area contributed by atoms with Crippen molar-refractivity contribution in [2.24, 2.45) is 5.41 Å². The molecule has 5 nitrogen and oxygen atoms in total. The van der Waals surface area contributed by atoms with Crippen molar-refractivity contribution in [2.75, 3.05) is 18.7 Å². The summed E-state index contributed by atoms with van der Waals surface area (Å²) in [7, 11) is 0. The summed E-state index contributed by atoms with van der Waals surface area (Å²) in [4.78, 5) is 13.3. The Morgan fingerprint density at radius 3 is 2.55 bits per heavy atom. The number of anilines is 1. The monoisotopic (exact) mass is 391 g/mol. The van der Waals surface area contributed by atoms with Gasteiger partial charge in [0, 0.05) is 35.4 Å². The Morgan fingerprint density at radius 1 is 1.10 bits per heavy atom. The van der Waals surface area contributed by atoms with E-state index >= 15 is 0 Å². The molecular weight excluding hydrogens is 366 g/mol. The van der Waals surface area contributed by atoms with Gasteiger partial charge in [-0.25, -0.2) is 0 Å². The van der Waals surface area contributed by atoms with E-state index in [2.05, 4.69) is 31.3 Å². The van der Waals surface area contributed by atoms with Crippen LogP contribution in [0, 0.1) is 5.41 Å². The summed E-state index contributed by atoms with van der Waals surface area (Å²) in [5.41, 5.74) is 4.95. The molecule has 1 atom stereocenters. The predicted molar refractivity (Wildman–Crippen MR) is 111 cm³/mol. The molecular formula is C24H25NO4. The van der Waals surface area contributed by atoms with Crippen molar-refractivity contribution in [3.8, 4) is 17.2 Å². The molecule has 2 heterocycles. The third kappa shape index (κ3) is 3.05. The average Bonchev–Trinajstić information content (AvgIpc) is 3.12. The number of carbonyl (C=O) groups is 1. The number of benzene rings is 2. The molecule has 5 rings (SSSR count). The van der Waals surface area contributed by atoms with Crippen LogP contribution >= 0.6 is 0 Å². The Balaban J connectivity index is 1.67. The number of Topliss-reactive ketones (excluding diaryl/α,β-unsaturated/α-hetero) is 1. The topological polar surface area (TPSA) is 56.8 Å². The third-order valence-corrected chi connectivity index (χ3v) is 5.87. The van der Waals surface area contributed by atoms with Crippen molar-refractivity contribution in [1.29, 1.82) is 0 Å². The van der Waals surface area contributed by atoms with Gasteiger partial charge in [-0.3, -0.25) is 4.79 Å². The van der Waals surface area contributed by atoms with Crippen LogP contribution in [0.25, 0.3) is 0 Å². The van der Waals surface area contributed by atoms with Gasteiger partial charge in [0.05, 0.1) is 6.61 Å². The molecule has 2 aliphatic heterocycles. The first-order valence-electron chi connectivity index (χ1n) is 10.1. The first-order valence-corrected chi connectivity index (χ1v) is 10.1. The Kier molecular flexibility index (Phi) is 4.09. The van der Waals surface area contributed by atoms with Gasteiger partial charge in [0.1, 0.15) is 5.75 Å². The van der Waals surface area contributed by atoms with E-state index in [9.17, 15) is 4.79 Å². The number of ketones is 1. The van der Waals surface area contributed by atoms with Crippen LogP contribution in [-0.2, 0) is 4.79 Å². The highest BCUT2D eigenvalue weighted by molar-refractivity contribution is 6.01. The molecule has 150 valence electrons. The van der Waals surface area contributed by atoms with Gasteiger partial charge in [-0.1, -0.05) is 26.0 Å². The summed E-state index contributed by atoms with van der Waals surface area (Å²) in [6, 6.07) is 12.1. The van der Waals surface area contributed by atoms with Crippen molar-refractivity contribution in [1.82, 2.24) is 0 Å². The van der Waals surface area contributed by atoms with Crippen LogP contribution in [0.2, 0.25) is 0 Å². The average molecular weight is 391 g/mol. The summed E-state index contributed by atoms with van der Waals surface area (Å²) in [5.74, 6) is 2.39. The molecule has 0 saturated heterocycles. The Hall–Kier alpha value is -2.95. The molecule has 1 N–H and O–H groups in total. The number of nitrogens with one attached hydrogen (secondary N) is 1. The van der Waals surface area contributed by atoms with Gasteiger partial charge in [0.25, 0.3) is 0 Å². The minimum absolute atomic E-state index is 0.0554. The number of hydrogen-bond acceptors (Lipinski definition) is 5. The van der Waals surface area contributed by atoms with Crippen molar-refractivity contribution in [3.63, 3.8) is 0 Å². The van der Waals surface area contributed by atoms with E-state index in [0.717, 1.165) is 51.8 Å². The number of carbonyl (C=O) groups excluding carboxylic acids is 1. The lowest BCUT2D eigenvalue weighted by atomic mass is 9.68. The number of hydrogen-bond donors (Lipinski definition) is 1. The second-order valence-corrected chi connectivity index (χ2v) is 8.69. The lowest BCUT2D eigenvalue weighted by Gasteiger charge is -2.39. The van der Waals surface area contributed by atoms with Gasteiger partial charge in [-0.05, 0) is 48.1 Å². The highest BCUT2D eigenvalue weighted by atomic mass is 16.7. The summed E-state index contributed by atoms with van der Waals surface area (Å²) >= 11 is 0. The fourth-order valence-electron chi connectivity index (χ4n) is 4.67. The number of ether oxygens (including phenoxy) is 3. The first-order chi connectivity index (χ1) is 13.9. The maximum atomic E-state index is 13.3. The predicted octanol–water partition coefficient (Wildman–Crippen LogP) is 5.01. The zero-order valence-corrected chi connectivity index (χ0v) is 17.0. The molecule has 1 aliphatic carbocycles. The van der Waals surface area contributed by atoms with E-state index < -0.39 is 0 Å². The molecule has 0 radical (unpaired) electrons. The Bertz CT molecular complexity index is 1020. The Morgan fingerprint density at radius 2 is 1.83 bits per heavy atom. The summed E-state index contributed by atoms with van der Waals surface area (Å²) in [6.45, 7) is 7.13. The van der Waals surface area contributed by atoms with Crippen molar-refractivity contribution in [3.05, 3.63) is 58.8 Å². The molecule has 0 spiro atoms. The SMILES string of the molecule is CCOc1ccc([C@H]2C3=C(CC(C)(C)CC3=O)Nc3cc4c(cc32)OCO4)cc1. The van der Waals surface area contributed by atoms with E-state index in [-0.39, 0.29) is 23.9 Å². The smallest absolute Gasteiger partial charge is 0.231 e. The standard InChI is InChI=1S/C24H25NO4/c1-4-27-15-7-5-14(6-8-15)22-16-9-20-21(29-13-28-20)10-17(16)25-18-11-24(2,3)12-19(26)23(18)22/h5-10,22,25H,4,11-13H2,1-3H3/t22-/m1/s1. The van der Waals surface area contributed by atoms with Gasteiger partial charge >= 0.3 is 0 Å². The third-order valence-electron chi connectivity index (χ3n) is 5.87. The van der Waals surface area contributed by atoms with Gasteiger partial charge in [0.15, 0.2) is 17.3 Å². The molecule has 0 fully saturated rings. The number of allylic oxidation sites excluding steroid dienone is 2. The zero-order valence-electron chi connectivity index (χ0n) is 17.0. The highest BCUT2D eigenvalue weighted by Crippen LogP contribution is 2.51. The lowest BCUT2D eigenvalue weighted by molar-refractivity contribution is -0.118. The second-order valence-electron chi connectivity index (χ2n) is 8.69. The van der Waals surface area contributed by atoms with E-state index in [1.165, 1.54) is 0 Å². The molecule has 29 heavy (non-hydrogen) atoms. The van der Waals surface area contributed by atoms with Crippen LogP contribution in [0.4, 0.5) is 5.69 Å². The van der Waals surface area contributed by atoms with Crippen LogP contribution in [-0.4, -0.2) is 19.2 Å².